The van der Waals surface area contributed by atoms with Gasteiger partial charge in [-0.1, -0.05) is 12.1 Å². The van der Waals surface area contributed by atoms with Gasteiger partial charge in [-0.2, -0.15) is 0 Å². The van der Waals surface area contributed by atoms with Crippen molar-refractivity contribution in [3.05, 3.63) is 60.0 Å². The van der Waals surface area contributed by atoms with Crippen LogP contribution < -0.4 is 4.74 Å². The maximum Gasteiger partial charge on any atom is 0.133 e. The Morgan fingerprint density at radius 2 is 1.96 bits per heavy atom. The molecule has 4 aromatic rings. The van der Waals surface area contributed by atoms with E-state index in [1.165, 1.54) is 0 Å². The Kier molecular flexibility index (Phi) is 3.48. The Hall–Kier alpha value is -2.79. The van der Waals surface area contributed by atoms with Crippen LogP contribution in [0.15, 0.2) is 48.7 Å². The lowest BCUT2D eigenvalue weighted by Crippen LogP contribution is -1.95. The van der Waals surface area contributed by atoms with Gasteiger partial charge < -0.3 is 19.4 Å². The van der Waals surface area contributed by atoms with E-state index in [0.717, 1.165) is 39.1 Å². The number of nitrogens with zero attached hydrogens (tertiary/aromatic N) is 1. The minimum Gasteiger partial charge on any atom is -0.497 e. The zero-order chi connectivity index (χ0) is 15.6. The van der Waals surface area contributed by atoms with Crippen molar-refractivity contribution in [2.75, 3.05) is 7.11 Å². The molecule has 0 aliphatic carbocycles. The Morgan fingerprint density at radius 3 is 2.83 bits per heavy atom. The van der Waals surface area contributed by atoms with Gasteiger partial charge in [-0.05, 0) is 30.3 Å². The molecule has 23 heavy (non-hydrogen) atoms. The van der Waals surface area contributed by atoms with Gasteiger partial charge in [0.2, 0.25) is 0 Å². The standard InChI is InChI=1S/C18H17N3O2/c1-22-13-6-7-15-14(8-13)12(9-19-15)10-23-11-18-20-16-4-2-3-5-17(16)21-18/h2-9,19H,10-11H2,1H3,(H,20,21). The lowest BCUT2D eigenvalue weighted by molar-refractivity contribution is 0.103. The van der Waals surface area contributed by atoms with Gasteiger partial charge in [-0.15, -0.1) is 0 Å². The molecule has 0 amide bonds. The normalized spacial score (nSPS) is 11.3. The minimum atomic E-state index is 0.450. The first-order chi connectivity index (χ1) is 11.3. The Morgan fingerprint density at radius 1 is 1.04 bits per heavy atom. The first-order valence-electron chi connectivity index (χ1n) is 7.49. The fourth-order valence-corrected chi connectivity index (χ4v) is 2.74. The molecule has 0 aliphatic rings. The number of hydrogen-bond acceptors (Lipinski definition) is 3. The number of hydrogen-bond donors (Lipinski definition) is 2. The van der Waals surface area contributed by atoms with Crippen LogP contribution in [0.5, 0.6) is 5.75 Å². The molecule has 0 fully saturated rings. The second kappa shape index (κ2) is 5.78. The van der Waals surface area contributed by atoms with E-state index in [-0.39, 0.29) is 0 Å². The minimum absolute atomic E-state index is 0.450. The number of para-hydroxylation sites is 2. The van der Waals surface area contributed by atoms with Crippen molar-refractivity contribution >= 4 is 21.9 Å². The van der Waals surface area contributed by atoms with E-state index in [9.17, 15) is 0 Å². The number of ether oxygens (including phenoxy) is 2. The van der Waals surface area contributed by atoms with Crippen LogP contribution in [-0.2, 0) is 18.0 Å². The molecule has 2 aromatic carbocycles. The molecule has 0 saturated carbocycles. The fourth-order valence-electron chi connectivity index (χ4n) is 2.74. The van der Waals surface area contributed by atoms with Crippen molar-refractivity contribution in [2.45, 2.75) is 13.2 Å². The number of benzene rings is 2. The summed E-state index contributed by atoms with van der Waals surface area (Å²) in [6, 6.07) is 13.9. The molecule has 4 rings (SSSR count). The molecule has 0 radical (unpaired) electrons. The molecule has 0 bridgehead atoms. The lowest BCUT2D eigenvalue weighted by atomic mass is 10.2. The van der Waals surface area contributed by atoms with E-state index in [0.29, 0.717) is 13.2 Å². The summed E-state index contributed by atoms with van der Waals surface area (Å²) < 4.78 is 11.1. The topological polar surface area (TPSA) is 62.9 Å². The Labute approximate surface area is 133 Å². The molecule has 0 spiro atoms. The molecule has 2 N–H and O–H groups in total. The number of aromatic nitrogens is 3. The van der Waals surface area contributed by atoms with E-state index in [2.05, 4.69) is 15.0 Å². The van der Waals surface area contributed by atoms with E-state index in [1.54, 1.807) is 7.11 Å². The van der Waals surface area contributed by atoms with Crippen LogP contribution in [0.2, 0.25) is 0 Å². The molecule has 0 aliphatic heterocycles. The highest BCUT2D eigenvalue weighted by Gasteiger charge is 2.07. The van der Waals surface area contributed by atoms with E-state index in [1.807, 2.05) is 48.7 Å². The predicted molar refractivity (Wildman–Crippen MR) is 89.4 cm³/mol. The maximum atomic E-state index is 5.82. The first-order valence-corrected chi connectivity index (χ1v) is 7.49. The molecular formula is C18H17N3O2. The summed E-state index contributed by atoms with van der Waals surface area (Å²) in [6.07, 6.45) is 1.97. The van der Waals surface area contributed by atoms with Crippen LogP contribution in [0.25, 0.3) is 21.9 Å². The molecule has 0 atom stereocenters. The molecule has 0 unspecified atom stereocenters. The maximum absolute atomic E-state index is 5.82. The van der Waals surface area contributed by atoms with Gasteiger partial charge in [0.1, 0.15) is 18.2 Å². The Bertz CT molecular complexity index is 922. The highest BCUT2D eigenvalue weighted by Crippen LogP contribution is 2.24. The molecule has 2 aromatic heterocycles. The van der Waals surface area contributed by atoms with Crippen molar-refractivity contribution < 1.29 is 9.47 Å². The number of nitrogens with one attached hydrogen (secondary N) is 2. The molecule has 2 heterocycles. The molecule has 5 heteroatoms. The third-order valence-corrected chi connectivity index (χ3v) is 3.91. The van der Waals surface area contributed by atoms with Gasteiger partial charge in [0.25, 0.3) is 0 Å². The van der Waals surface area contributed by atoms with Gasteiger partial charge >= 0.3 is 0 Å². The lowest BCUT2D eigenvalue weighted by Gasteiger charge is -2.03. The van der Waals surface area contributed by atoms with Gasteiger partial charge in [0.15, 0.2) is 0 Å². The van der Waals surface area contributed by atoms with Gasteiger partial charge in [-0.3, -0.25) is 0 Å². The summed E-state index contributed by atoms with van der Waals surface area (Å²) in [5.41, 5.74) is 4.18. The number of rotatable bonds is 5. The summed E-state index contributed by atoms with van der Waals surface area (Å²) in [6.45, 7) is 0.968. The monoisotopic (exact) mass is 307 g/mol. The second-order valence-electron chi connectivity index (χ2n) is 5.42. The van der Waals surface area contributed by atoms with Crippen LogP contribution in [0.1, 0.15) is 11.4 Å². The zero-order valence-corrected chi connectivity index (χ0v) is 12.8. The van der Waals surface area contributed by atoms with Gasteiger partial charge in [-0.25, -0.2) is 4.98 Å². The SMILES string of the molecule is COc1ccc2[nH]cc(COCc3nc4ccccc4[nH]3)c2c1. The molecule has 0 saturated heterocycles. The summed E-state index contributed by atoms with van der Waals surface area (Å²) in [5.74, 6) is 1.68. The van der Waals surface area contributed by atoms with Crippen molar-refractivity contribution in [2.24, 2.45) is 0 Å². The summed E-state index contributed by atoms with van der Waals surface area (Å²) in [5, 5.41) is 1.12. The quantitative estimate of drug-likeness (QED) is 0.590. The Balaban J connectivity index is 1.48. The molecule has 116 valence electrons. The van der Waals surface area contributed by atoms with E-state index < -0.39 is 0 Å². The predicted octanol–water partition coefficient (Wildman–Crippen LogP) is 3.77. The van der Waals surface area contributed by atoms with Crippen LogP contribution in [-0.4, -0.2) is 22.1 Å². The average Bonchev–Trinajstić information content (AvgIpc) is 3.18. The third kappa shape index (κ3) is 2.66. The summed E-state index contributed by atoms with van der Waals surface area (Å²) >= 11 is 0. The number of aromatic amines is 2. The average molecular weight is 307 g/mol. The van der Waals surface area contributed by atoms with Gasteiger partial charge in [0, 0.05) is 22.7 Å². The van der Waals surface area contributed by atoms with Crippen LogP contribution in [0.4, 0.5) is 0 Å². The van der Waals surface area contributed by atoms with E-state index >= 15 is 0 Å². The van der Waals surface area contributed by atoms with Crippen molar-refractivity contribution in [1.29, 1.82) is 0 Å². The molecular weight excluding hydrogens is 290 g/mol. The van der Waals surface area contributed by atoms with Crippen LogP contribution in [0.3, 0.4) is 0 Å². The highest BCUT2D eigenvalue weighted by molar-refractivity contribution is 5.84. The zero-order valence-electron chi connectivity index (χ0n) is 12.8. The second-order valence-corrected chi connectivity index (χ2v) is 5.42. The van der Waals surface area contributed by atoms with Crippen molar-refractivity contribution in [1.82, 2.24) is 15.0 Å². The third-order valence-electron chi connectivity index (χ3n) is 3.91. The number of methoxy groups -OCH3 is 1. The molecule has 5 nitrogen and oxygen atoms in total. The smallest absolute Gasteiger partial charge is 0.133 e. The van der Waals surface area contributed by atoms with Crippen LogP contribution >= 0.6 is 0 Å². The fraction of sp³-hybridized carbons (Fsp3) is 0.167. The number of imidazole rings is 1. The highest BCUT2D eigenvalue weighted by atomic mass is 16.5. The summed E-state index contributed by atoms with van der Waals surface area (Å²) in [7, 11) is 1.67. The number of H-pyrrole nitrogens is 2. The first kappa shape index (κ1) is 13.8. The number of fused-ring (bicyclic) bond motifs is 2. The van der Waals surface area contributed by atoms with Crippen molar-refractivity contribution in [3.8, 4) is 5.75 Å². The van der Waals surface area contributed by atoms with Crippen LogP contribution in [0, 0.1) is 0 Å². The van der Waals surface area contributed by atoms with Crippen molar-refractivity contribution in [3.63, 3.8) is 0 Å². The van der Waals surface area contributed by atoms with Gasteiger partial charge in [0.05, 0.1) is 24.8 Å². The largest absolute Gasteiger partial charge is 0.497 e. The summed E-state index contributed by atoms with van der Waals surface area (Å²) in [4.78, 5) is 11.0. The van der Waals surface area contributed by atoms with E-state index in [4.69, 9.17) is 9.47 Å².